The van der Waals surface area contributed by atoms with E-state index in [9.17, 15) is 4.79 Å². The summed E-state index contributed by atoms with van der Waals surface area (Å²) in [6.45, 7) is 3.10. The van der Waals surface area contributed by atoms with Gasteiger partial charge in [0, 0.05) is 17.2 Å². The molecule has 2 aromatic rings. The summed E-state index contributed by atoms with van der Waals surface area (Å²) < 4.78 is 6.53. The van der Waals surface area contributed by atoms with Gasteiger partial charge in [0.15, 0.2) is 0 Å². The fourth-order valence-corrected chi connectivity index (χ4v) is 2.14. The first-order valence-electron chi connectivity index (χ1n) is 7.00. The number of carbonyl (C=O) groups excluding carboxylic acids is 1. The third-order valence-corrected chi connectivity index (χ3v) is 3.41. The van der Waals surface area contributed by atoms with Crippen LogP contribution in [-0.2, 0) is 0 Å². The normalized spacial score (nSPS) is 10.1. The second kappa shape index (κ2) is 8.38. The minimum atomic E-state index is -0.276. The molecule has 0 atom stereocenters. The van der Waals surface area contributed by atoms with Crippen molar-refractivity contribution in [1.29, 1.82) is 0 Å². The van der Waals surface area contributed by atoms with Crippen LogP contribution in [0.3, 0.4) is 0 Å². The summed E-state index contributed by atoms with van der Waals surface area (Å²) in [6, 6.07) is 11.1. The maximum Gasteiger partial charge on any atom is 0.320 e. The number of nitrogens with zero attached hydrogens (tertiary/aromatic N) is 1. The number of pyridine rings is 1. The molecule has 0 saturated heterocycles. The Morgan fingerprint density at radius 3 is 2.91 bits per heavy atom. The number of aryl methyl sites for hydroxylation is 1. The predicted octanol–water partition coefficient (Wildman–Crippen LogP) is 3.74. The predicted molar refractivity (Wildman–Crippen MR) is 90.2 cm³/mol. The molecule has 1 aromatic heterocycles. The Balaban J connectivity index is 1.64. The zero-order valence-electron chi connectivity index (χ0n) is 12.3. The van der Waals surface area contributed by atoms with E-state index in [2.05, 4.69) is 31.5 Å². The lowest BCUT2D eigenvalue weighted by molar-refractivity contribution is 0.250. The third-order valence-electron chi connectivity index (χ3n) is 2.92. The summed E-state index contributed by atoms with van der Waals surface area (Å²) in [5.74, 6) is 1.38. The molecule has 1 aromatic carbocycles. The zero-order chi connectivity index (χ0) is 15.8. The smallest absolute Gasteiger partial charge is 0.320 e. The molecule has 0 aliphatic heterocycles. The molecule has 0 aliphatic rings. The lowest BCUT2D eigenvalue weighted by Gasteiger charge is -2.10. The molecule has 2 N–H and O–H groups in total. The molecule has 116 valence electrons. The summed E-state index contributed by atoms with van der Waals surface area (Å²) in [7, 11) is 0. The molecule has 5 nitrogen and oxygen atoms in total. The van der Waals surface area contributed by atoms with Crippen molar-refractivity contribution >= 4 is 27.8 Å². The maximum absolute atomic E-state index is 11.7. The first-order valence-corrected chi connectivity index (χ1v) is 7.79. The number of hydrogen-bond donors (Lipinski definition) is 2. The number of hydrogen-bond acceptors (Lipinski definition) is 3. The first-order chi connectivity index (χ1) is 10.6. The van der Waals surface area contributed by atoms with E-state index in [1.165, 1.54) is 0 Å². The molecular weight excluding hydrogens is 346 g/mol. The summed E-state index contributed by atoms with van der Waals surface area (Å²) in [5, 5.41) is 5.43. The van der Waals surface area contributed by atoms with E-state index in [1.807, 2.05) is 31.2 Å². The number of nitrogens with one attached hydrogen (secondary N) is 2. The van der Waals surface area contributed by atoms with Gasteiger partial charge >= 0.3 is 6.03 Å². The van der Waals surface area contributed by atoms with Gasteiger partial charge in [0.25, 0.3) is 0 Å². The molecule has 0 spiro atoms. The van der Waals surface area contributed by atoms with Gasteiger partial charge in [-0.1, -0.05) is 34.1 Å². The van der Waals surface area contributed by atoms with Gasteiger partial charge in [-0.2, -0.15) is 0 Å². The number of benzene rings is 1. The largest absolute Gasteiger partial charge is 0.493 e. The molecule has 22 heavy (non-hydrogen) atoms. The van der Waals surface area contributed by atoms with Crippen molar-refractivity contribution in [3.8, 4) is 5.75 Å². The standard InChI is InChI=1S/C16H18BrN3O2/c1-12-5-2-3-6-14(12)22-10-4-8-19-16(21)20-15-11-13(17)7-9-18-15/h2-3,5-7,9,11H,4,8,10H2,1H3,(H2,18,19,20,21). The summed E-state index contributed by atoms with van der Waals surface area (Å²) >= 11 is 3.32. The van der Waals surface area contributed by atoms with Crippen LogP contribution in [-0.4, -0.2) is 24.2 Å². The quantitative estimate of drug-likeness (QED) is 0.768. The van der Waals surface area contributed by atoms with Crippen LogP contribution in [0.25, 0.3) is 0 Å². The molecule has 1 heterocycles. The highest BCUT2D eigenvalue weighted by Gasteiger charge is 2.03. The Morgan fingerprint density at radius 1 is 1.32 bits per heavy atom. The van der Waals surface area contributed by atoms with Crippen LogP contribution in [0.4, 0.5) is 10.6 Å². The van der Waals surface area contributed by atoms with E-state index in [1.54, 1.807) is 18.3 Å². The first kappa shape index (κ1) is 16.3. The van der Waals surface area contributed by atoms with Crippen molar-refractivity contribution in [2.75, 3.05) is 18.5 Å². The molecule has 0 radical (unpaired) electrons. The Labute approximate surface area is 138 Å². The van der Waals surface area contributed by atoms with Crippen LogP contribution < -0.4 is 15.4 Å². The molecule has 0 bridgehead atoms. The molecule has 6 heteroatoms. The van der Waals surface area contributed by atoms with Crippen molar-refractivity contribution in [2.24, 2.45) is 0 Å². The number of anilines is 1. The molecular formula is C16H18BrN3O2. The van der Waals surface area contributed by atoms with E-state index < -0.39 is 0 Å². The minimum Gasteiger partial charge on any atom is -0.493 e. The number of ether oxygens (including phenoxy) is 1. The number of para-hydroxylation sites is 1. The van der Waals surface area contributed by atoms with Crippen LogP contribution in [0, 0.1) is 6.92 Å². The molecule has 2 rings (SSSR count). The van der Waals surface area contributed by atoms with Crippen molar-refractivity contribution in [2.45, 2.75) is 13.3 Å². The average Bonchev–Trinajstić information content (AvgIpc) is 2.48. The summed E-state index contributed by atoms with van der Waals surface area (Å²) in [4.78, 5) is 15.7. The SMILES string of the molecule is Cc1ccccc1OCCCNC(=O)Nc1cc(Br)ccn1. The highest BCUT2D eigenvalue weighted by atomic mass is 79.9. The minimum absolute atomic E-state index is 0.276. The highest BCUT2D eigenvalue weighted by Crippen LogP contribution is 2.16. The van der Waals surface area contributed by atoms with Crippen LogP contribution in [0.2, 0.25) is 0 Å². The van der Waals surface area contributed by atoms with Crippen molar-refractivity contribution < 1.29 is 9.53 Å². The van der Waals surface area contributed by atoms with Gasteiger partial charge in [0.2, 0.25) is 0 Å². The van der Waals surface area contributed by atoms with Crippen molar-refractivity contribution in [3.63, 3.8) is 0 Å². The van der Waals surface area contributed by atoms with Crippen LogP contribution in [0.15, 0.2) is 47.1 Å². The lowest BCUT2D eigenvalue weighted by atomic mass is 10.2. The fraction of sp³-hybridized carbons (Fsp3) is 0.250. The maximum atomic E-state index is 11.7. The van der Waals surface area contributed by atoms with Gasteiger partial charge in [0.05, 0.1) is 6.61 Å². The van der Waals surface area contributed by atoms with Crippen LogP contribution in [0.5, 0.6) is 5.75 Å². The average molecular weight is 364 g/mol. The van der Waals surface area contributed by atoms with Crippen LogP contribution in [0.1, 0.15) is 12.0 Å². The second-order valence-corrected chi connectivity index (χ2v) is 5.62. The van der Waals surface area contributed by atoms with Gasteiger partial charge in [-0.3, -0.25) is 5.32 Å². The van der Waals surface area contributed by atoms with E-state index in [4.69, 9.17) is 4.74 Å². The van der Waals surface area contributed by atoms with Gasteiger partial charge < -0.3 is 10.1 Å². The van der Waals surface area contributed by atoms with E-state index in [-0.39, 0.29) is 6.03 Å². The summed E-state index contributed by atoms with van der Waals surface area (Å²) in [6.07, 6.45) is 2.35. The van der Waals surface area contributed by atoms with Gasteiger partial charge in [-0.15, -0.1) is 0 Å². The van der Waals surface area contributed by atoms with E-state index in [0.717, 1.165) is 22.2 Å². The number of rotatable bonds is 6. The number of carbonyl (C=O) groups is 1. The number of aromatic nitrogens is 1. The van der Waals surface area contributed by atoms with Crippen LogP contribution >= 0.6 is 15.9 Å². The Bertz CT molecular complexity index is 634. The molecule has 0 aliphatic carbocycles. The Kier molecular flexibility index (Phi) is 6.21. The molecule has 0 fully saturated rings. The lowest BCUT2D eigenvalue weighted by Crippen LogP contribution is -2.30. The van der Waals surface area contributed by atoms with E-state index in [0.29, 0.717) is 19.0 Å². The molecule has 0 unspecified atom stereocenters. The monoisotopic (exact) mass is 363 g/mol. The van der Waals surface area contributed by atoms with Crippen molar-refractivity contribution in [1.82, 2.24) is 10.3 Å². The topological polar surface area (TPSA) is 63.2 Å². The van der Waals surface area contributed by atoms with Gasteiger partial charge in [0.1, 0.15) is 11.6 Å². The van der Waals surface area contributed by atoms with Crippen molar-refractivity contribution in [3.05, 3.63) is 52.6 Å². The fourth-order valence-electron chi connectivity index (χ4n) is 1.81. The Morgan fingerprint density at radius 2 is 2.14 bits per heavy atom. The highest BCUT2D eigenvalue weighted by molar-refractivity contribution is 9.10. The third kappa shape index (κ3) is 5.37. The molecule has 0 saturated carbocycles. The Hall–Kier alpha value is -2.08. The number of amides is 2. The van der Waals surface area contributed by atoms with Gasteiger partial charge in [-0.05, 0) is 37.1 Å². The van der Waals surface area contributed by atoms with E-state index >= 15 is 0 Å². The number of urea groups is 1. The van der Waals surface area contributed by atoms with Gasteiger partial charge in [-0.25, -0.2) is 9.78 Å². The number of halogens is 1. The zero-order valence-corrected chi connectivity index (χ0v) is 13.9. The second-order valence-electron chi connectivity index (χ2n) is 4.71. The summed E-state index contributed by atoms with van der Waals surface area (Å²) in [5.41, 5.74) is 1.11. The molecule has 2 amide bonds.